The molecule has 0 saturated carbocycles. The van der Waals surface area contributed by atoms with E-state index >= 15 is 0 Å². The fraction of sp³-hybridized carbons (Fsp3) is 0.533. The summed E-state index contributed by atoms with van der Waals surface area (Å²) in [6.07, 6.45) is 9.90. The van der Waals surface area contributed by atoms with Crippen LogP contribution in [0.5, 0.6) is 0 Å². The largest absolute Gasteiger partial charge is 0.449 e. The molecule has 0 spiro atoms. The van der Waals surface area contributed by atoms with Gasteiger partial charge in [-0.05, 0) is 44.1 Å². The second-order valence-electron chi connectivity index (χ2n) is 4.21. The summed E-state index contributed by atoms with van der Waals surface area (Å²) in [5.74, 6) is 5.91. The predicted octanol–water partition coefficient (Wildman–Crippen LogP) is 3.39. The molecule has 0 aromatic rings. The highest BCUT2D eigenvalue weighted by atomic mass is 16.5. The molecule has 0 fully saturated rings. The molecule has 0 N–H and O–H groups in total. The van der Waals surface area contributed by atoms with E-state index in [-0.39, 0.29) is 12.1 Å². The molecule has 0 aromatic carbocycles. The van der Waals surface area contributed by atoms with Crippen molar-refractivity contribution in [2.24, 2.45) is 0 Å². The number of hydrogen-bond acceptors (Lipinski definition) is 2. The number of carbonyl (C=O) groups excluding carboxylic acids is 1. The van der Waals surface area contributed by atoms with Gasteiger partial charge in [0, 0.05) is 6.92 Å². The maximum absolute atomic E-state index is 10.9. The van der Waals surface area contributed by atoms with Crippen LogP contribution in [0.1, 0.15) is 45.4 Å². The van der Waals surface area contributed by atoms with Crippen LogP contribution in [0.2, 0.25) is 0 Å². The average molecular weight is 232 g/mol. The summed E-state index contributed by atoms with van der Waals surface area (Å²) in [7, 11) is 0. The Bertz CT molecular complexity index is 355. The van der Waals surface area contributed by atoms with Gasteiger partial charge in [-0.25, -0.2) is 0 Å². The van der Waals surface area contributed by atoms with Gasteiger partial charge >= 0.3 is 5.97 Å². The van der Waals surface area contributed by atoms with E-state index in [2.05, 4.69) is 24.5 Å². The number of carbonyl (C=O) groups is 1. The lowest BCUT2D eigenvalue weighted by atomic mass is 10.00. The minimum absolute atomic E-state index is 0.272. The van der Waals surface area contributed by atoms with Gasteiger partial charge in [0.2, 0.25) is 0 Å². The molecular formula is C15H20O2. The van der Waals surface area contributed by atoms with E-state index in [9.17, 15) is 4.79 Å². The number of rotatable bonds is 4. The first-order chi connectivity index (χ1) is 8.22. The van der Waals surface area contributed by atoms with Gasteiger partial charge in [0.25, 0.3) is 0 Å². The third-order valence-corrected chi connectivity index (χ3v) is 2.63. The molecule has 1 unspecified atom stereocenters. The zero-order valence-electron chi connectivity index (χ0n) is 10.5. The van der Waals surface area contributed by atoms with Crippen LogP contribution < -0.4 is 0 Å². The fourth-order valence-corrected chi connectivity index (χ4v) is 1.75. The van der Waals surface area contributed by atoms with Crippen LogP contribution in [0.15, 0.2) is 24.3 Å². The number of allylic oxidation sites excluding steroid dienone is 3. The van der Waals surface area contributed by atoms with E-state index in [1.807, 2.05) is 6.08 Å². The Kier molecular flexibility index (Phi) is 6.17. The molecule has 0 amide bonds. The van der Waals surface area contributed by atoms with Crippen molar-refractivity contribution in [2.75, 3.05) is 0 Å². The molecule has 2 nitrogen and oxygen atoms in total. The molecule has 2 heteroatoms. The molecule has 1 aliphatic rings. The third-order valence-electron chi connectivity index (χ3n) is 2.63. The van der Waals surface area contributed by atoms with Crippen molar-refractivity contribution >= 4 is 5.97 Å². The molecule has 1 aliphatic carbocycles. The van der Waals surface area contributed by atoms with E-state index in [0.717, 1.165) is 25.7 Å². The first kappa shape index (κ1) is 13.6. The zero-order chi connectivity index (χ0) is 12.5. The van der Waals surface area contributed by atoms with Crippen molar-refractivity contribution in [1.29, 1.82) is 0 Å². The summed E-state index contributed by atoms with van der Waals surface area (Å²) < 4.78 is 5.16. The van der Waals surface area contributed by atoms with Crippen LogP contribution in [0.3, 0.4) is 0 Å². The SMILES string of the molecule is C=CCCC(C#CC1=CCCCC1)OC(C)=O. The van der Waals surface area contributed by atoms with E-state index in [1.165, 1.54) is 25.3 Å². The van der Waals surface area contributed by atoms with Crippen molar-refractivity contribution in [2.45, 2.75) is 51.6 Å². The van der Waals surface area contributed by atoms with Gasteiger partial charge in [-0.3, -0.25) is 4.79 Å². The molecule has 1 atom stereocenters. The second-order valence-corrected chi connectivity index (χ2v) is 4.21. The van der Waals surface area contributed by atoms with Crippen LogP contribution in [-0.4, -0.2) is 12.1 Å². The summed E-state index contributed by atoms with van der Waals surface area (Å²) in [6, 6.07) is 0. The Hall–Kier alpha value is -1.49. The Labute approximate surface area is 104 Å². The normalized spacial score (nSPS) is 16.2. The van der Waals surface area contributed by atoms with Gasteiger partial charge in [0.1, 0.15) is 0 Å². The summed E-state index contributed by atoms with van der Waals surface area (Å²) in [5, 5.41) is 0. The minimum Gasteiger partial charge on any atom is -0.449 e. The Morgan fingerprint density at radius 2 is 2.47 bits per heavy atom. The molecule has 0 heterocycles. The molecule has 1 rings (SSSR count). The average Bonchev–Trinajstić information content (AvgIpc) is 2.33. The molecule has 0 bridgehead atoms. The van der Waals surface area contributed by atoms with Crippen LogP contribution in [-0.2, 0) is 9.53 Å². The van der Waals surface area contributed by atoms with Crippen molar-refractivity contribution in [1.82, 2.24) is 0 Å². The van der Waals surface area contributed by atoms with Crippen molar-refractivity contribution in [3.63, 3.8) is 0 Å². The van der Waals surface area contributed by atoms with Crippen molar-refractivity contribution in [3.8, 4) is 11.8 Å². The molecule has 0 aromatic heterocycles. The molecule has 0 radical (unpaired) electrons. The first-order valence-electron chi connectivity index (χ1n) is 6.21. The molecule has 17 heavy (non-hydrogen) atoms. The lowest BCUT2D eigenvalue weighted by Crippen LogP contribution is -2.14. The van der Waals surface area contributed by atoms with E-state index in [1.54, 1.807) is 0 Å². The summed E-state index contributed by atoms with van der Waals surface area (Å²) in [4.78, 5) is 10.9. The summed E-state index contributed by atoms with van der Waals surface area (Å²) in [5.41, 5.74) is 1.19. The maximum Gasteiger partial charge on any atom is 0.303 e. The maximum atomic E-state index is 10.9. The monoisotopic (exact) mass is 232 g/mol. The van der Waals surface area contributed by atoms with Crippen molar-refractivity contribution in [3.05, 3.63) is 24.3 Å². The molecule has 0 saturated heterocycles. The van der Waals surface area contributed by atoms with E-state index < -0.39 is 0 Å². The number of ether oxygens (including phenoxy) is 1. The van der Waals surface area contributed by atoms with Gasteiger partial charge in [-0.2, -0.15) is 0 Å². The van der Waals surface area contributed by atoms with E-state index in [0.29, 0.717) is 0 Å². The predicted molar refractivity (Wildman–Crippen MR) is 69.3 cm³/mol. The van der Waals surface area contributed by atoms with Crippen LogP contribution in [0, 0.1) is 11.8 Å². The second kappa shape index (κ2) is 7.73. The first-order valence-corrected chi connectivity index (χ1v) is 6.21. The standard InChI is InChI=1S/C15H20O2/c1-3-4-10-15(17-13(2)16)12-11-14-8-6-5-7-9-14/h3,8,15H,1,4-7,9-10H2,2H3. The van der Waals surface area contributed by atoms with Gasteiger partial charge < -0.3 is 4.74 Å². The highest BCUT2D eigenvalue weighted by Crippen LogP contribution is 2.16. The smallest absolute Gasteiger partial charge is 0.303 e. The van der Waals surface area contributed by atoms with Gasteiger partial charge in [-0.1, -0.05) is 24.0 Å². The summed E-state index contributed by atoms with van der Waals surface area (Å²) in [6.45, 7) is 5.08. The zero-order valence-corrected chi connectivity index (χ0v) is 10.5. The number of esters is 1. The highest BCUT2D eigenvalue weighted by Gasteiger charge is 2.07. The summed E-state index contributed by atoms with van der Waals surface area (Å²) >= 11 is 0. The van der Waals surface area contributed by atoms with Crippen LogP contribution in [0.4, 0.5) is 0 Å². The van der Waals surface area contributed by atoms with Crippen molar-refractivity contribution < 1.29 is 9.53 Å². The molecule has 0 aliphatic heterocycles. The third kappa shape index (κ3) is 5.97. The molecule has 92 valence electrons. The van der Waals surface area contributed by atoms with Gasteiger partial charge in [0.15, 0.2) is 6.10 Å². The number of hydrogen-bond donors (Lipinski definition) is 0. The van der Waals surface area contributed by atoms with Gasteiger partial charge in [-0.15, -0.1) is 6.58 Å². The molecular weight excluding hydrogens is 212 g/mol. The van der Waals surface area contributed by atoms with E-state index in [4.69, 9.17) is 4.74 Å². The lowest BCUT2D eigenvalue weighted by molar-refractivity contribution is -0.143. The fourth-order valence-electron chi connectivity index (χ4n) is 1.75. The lowest BCUT2D eigenvalue weighted by Gasteiger charge is -2.10. The quantitative estimate of drug-likeness (QED) is 0.422. The Morgan fingerprint density at radius 3 is 3.06 bits per heavy atom. The Morgan fingerprint density at radius 1 is 1.65 bits per heavy atom. The van der Waals surface area contributed by atoms with Crippen LogP contribution >= 0.6 is 0 Å². The topological polar surface area (TPSA) is 26.3 Å². The van der Waals surface area contributed by atoms with Crippen LogP contribution in [0.25, 0.3) is 0 Å². The minimum atomic E-state index is -0.298. The Balaban J connectivity index is 2.56. The van der Waals surface area contributed by atoms with Gasteiger partial charge in [0.05, 0.1) is 0 Å². The highest BCUT2D eigenvalue weighted by molar-refractivity contribution is 5.66.